The second-order valence-corrected chi connectivity index (χ2v) is 5.93. The molecule has 110 valence electrons. The molecule has 0 saturated heterocycles. The molecule has 0 bridgehead atoms. The Morgan fingerprint density at radius 1 is 1.15 bits per heavy atom. The van der Waals surface area contributed by atoms with Crippen molar-refractivity contribution in [3.05, 3.63) is 35.9 Å². The summed E-state index contributed by atoms with van der Waals surface area (Å²) in [6.07, 6.45) is 1.84. The van der Waals surface area contributed by atoms with Gasteiger partial charge in [-0.3, -0.25) is 0 Å². The van der Waals surface area contributed by atoms with Crippen LogP contribution >= 0.6 is 0 Å². The fourth-order valence-electron chi connectivity index (χ4n) is 2.87. The highest BCUT2D eigenvalue weighted by atomic mass is 15.1. The van der Waals surface area contributed by atoms with Crippen molar-refractivity contribution in [2.45, 2.75) is 46.0 Å². The van der Waals surface area contributed by atoms with E-state index in [2.05, 4.69) is 50.8 Å². The lowest BCUT2D eigenvalue weighted by molar-refractivity contribution is 0.263. The number of nitrogens with zero attached hydrogens (tertiary/aromatic N) is 2. The van der Waals surface area contributed by atoms with Crippen LogP contribution in [0.4, 0.5) is 0 Å². The molecule has 0 fully saturated rings. The zero-order valence-electron chi connectivity index (χ0n) is 13.4. The summed E-state index contributed by atoms with van der Waals surface area (Å²) in [6, 6.07) is 13.0. The lowest BCUT2D eigenvalue weighted by Gasteiger charge is -2.31. The van der Waals surface area contributed by atoms with Crippen LogP contribution in [0.15, 0.2) is 30.3 Å². The summed E-state index contributed by atoms with van der Waals surface area (Å²) in [6.45, 7) is 11.9. The van der Waals surface area contributed by atoms with Gasteiger partial charge in [-0.05, 0) is 44.0 Å². The Morgan fingerprint density at radius 3 is 2.20 bits per heavy atom. The summed E-state index contributed by atoms with van der Waals surface area (Å²) >= 11 is 0. The zero-order chi connectivity index (χ0) is 15.0. The van der Waals surface area contributed by atoms with E-state index in [1.807, 2.05) is 18.2 Å². The Hall–Kier alpha value is -1.33. The smallest absolute Gasteiger partial charge is 0.0837 e. The van der Waals surface area contributed by atoms with Crippen LogP contribution in [0.1, 0.15) is 46.1 Å². The van der Waals surface area contributed by atoms with Crippen molar-refractivity contribution in [1.29, 1.82) is 5.26 Å². The maximum Gasteiger partial charge on any atom is 0.0837 e. The Morgan fingerprint density at radius 2 is 1.75 bits per heavy atom. The Balaban J connectivity index is 2.98. The monoisotopic (exact) mass is 272 g/mol. The van der Waals surface area contributed by atoms with Crippen molar-refractivity contribution >= 4 is 0 Å². The molecular weight excluding hydrogens is 244 g/mol. The van der Waals surface area contributed by atoms with E-state index in [1.54, 1.807) is 0 Å². The molecule has 0 saturated carbocycles. The van der Waals surface area contributed by atoms with Gasteiger partial charge in [-0.1, -0.05) is 58.0 Å². The molecule has 1 atom stereocenters. The first kappa shape index (κ1) is 16.7. The van der Waals surface area contributed by atoms with Gasteiger partial charge in [-0.15, -0.1) is 0 Å². The molecule has 0 aliphatic carbocycles. The fourth-order valence-corrected chi connectivity index (χ4v) is 2.87. The van der Waals surface area contributed by atoms with E-state index in [0.29, 0.717) is 5.92 Å². The SMILES string of the molecule is CCN(CC)CCC(C#N)(CC(C)C)c1ccccc1. The molecule has 2 heteroatoms. The van der Waals surface area contributed by atoms with Crippen LogP contribution in [-0.4, -0.2) is 24.5 Å². The van der Waals surface area contributed by atoms with E-state index < -0.39 is 0 Å². The normalized spacial score (nSPS) is 14.2. The molecule has 0 amide bonds. The van der Waals surface area contributed by atoms with E-state index in [1.165, 1.54) is 5.56 Å². The first-order valence-electron chi connectivity index (χ1n) is 7.77. The number of hydrogen-bond acceptors (Lipinski definition) is 2. The average Bonchev–Trinajstić information content (AvgIpc) is 2.47. The third-order valence-electron chi connectivity index (χ3n) is 4.05. The minimum absolute atomic E-state index is 0.349. The van der Waals surface area contributed by atoms with Crippen molar-refractivity contribution in [3.8, 4) is 6.07 Å². The summed E-state index contributed by atoms with van der Waals surface area (Å²) in [5.74, 6) is 0.520. The molecule has 0 heterocycles. The van der Waals surface area contributed by atoms with Crippen molar-refractivity contribution in [2.75, 3.05) is 19.6 Å². The quantitative estimate of drug-likeness (QED) is 0.708. The first-order chi connectivity index (χ1) is 9.57. The molecular formula is C18H28N2. The van der Waals surface area contributed by atoms with Crippen LogP contribution in [0, 0.1) is 17.2 Å². The molecule has 2 nitrogen and oxygen atoms in total. The van der Waals surface area contributed by atoms with Crippen LogP contribution in [0.25, 0.3) is 0 Å². The average molecular weight is 272 g/mol. The van der Waals surface area contributed by atoms with Gasteiger partial charge in [-0.2, -0.15) is 5.26 Å². The highest BCUT2D eigenvalue weighted by Gasteiger charge is 2.33. The minimum Gasteiger partial charge on any atom is -0.304 e. The molecule has 0 aliphatic rings. The van der Waals surface area contributed by atoms with Crippen LogP contribution in [-0.2, 0) is 5.41 Å². The van der Waals surface area contributed by atoms with Crippen LogP contribution < -0.4 is 0 Å². The fraction of sp³-hybridized carbons (Fsp3) is 0.611. The molecule has 1 aromatic carbocycles. The lowest BCUT2D eigenvalue weighted by atomic mass is 9.73. The van der Waals surface area contributed by atoms with Gasteiger partial charge >= 0.3 is 0 Å². The van der Waals surface area contributed by atoms with Crippen molar-refractivity contribution in [1.82, 2.24) is 4.90 Å². The molecule has 1 rings (SSSR count). The summed E-state index contributed by atoms with van der Waals surface area (Å²) in [4.78, 5) is 2.40. The summed E-state index contributed by atoms with van der Waals surface area (Å²) in [7, 11) is 0. The van der Waals surface area contributed by atoms with Crippen molar-refractivity contribution in [2.24, 2.45) is 5.92 Å². The van der Waals surface area contributed by atoms with E-state index in [-0.39, 0.29) is 5.41 Å². The Labute approximate surface area is 124 Å². The molecule has 1 unspecified atom stereocenters. The van der Waals surface area contributed by atoms with Crippen LogP contribution in [0.3, 0.4) is 0 Å². The van der Waals surface area contributed by atoms with Crippen molar-refractivity contribution < 1.29 is 0 Å². The number of benzene rings is 1. The van der Waals surface area contributed by atoms with E-state index >= 15 is 0 Å². The van der Waals surface area contributed by atoms with Gasteiger partial charge in [0, 0.05) is 0 Å². The van der Waals surface area contributed by atoms with E-state index in [0.717, 1.165) is 32.5 Å². The van der Waals surface area contributed by atoms with Gasteiger partial charge in [0.1, 0.15) is 0 Å². The van der Waals surface area contributed by atoms with E-state index in [4.69, 9.17) is 0 Å². The maximum absolute atomic E-state index is 9.87. The second-order valence-electron chi connectivity index (χ2n) is 5.93. The van der Waals surface area contributed by atoms with E-state index in [9.17, 15) is 5.26 Å². The topological polar surface area (TPSA) is 27.0 Å². The van der Waals surface area contributed by atoms with Crippen molar-refractivity contribution in [3.63, 3.8) is 0 Å². The molecule has 0 spiro atoms. The van der Waals surface area contributed by atoms with Crippen LogP contribution in [0.5, 0.6) is 0 Å². The third-order valence-corrected chi connectivity index (χ3v) is 4.05. The predicted molar refractivity (Wildman–Crippen MR) is 85.6 cm³/mol. The first-order valence-corrected chi connectivity index (χ1v) is 7.77. The summed E-state index contributed by atoms with van der Waals surface area (Å²) in [5, 5.41) is 9.87. The Kier molecular flexibility index (Phi) is 6.75. The molecule has 0 aliphatic heterocycles. The Bertz CT molecular complexity index is 415. The lowest BCUT2D eigenvalue weighted by Crippen LogP contribution is -2.33. The molecule has 0 aromatic heterocycles. The molecule has 0 radical (unpaired) electrons. The van der Waals surface area contributed by atoms with Gasteiger partial charge in [0.15, 0.2) is 0 Å². The molecule has 1 aromatic rings. The predicted octanol–water partition coefficient (Wildman–Crippen LogP) is 4.23. The number of rotatable bonds is 8. The van der Waals surface area contributed by atoms with Gasteiger partial charge < -0.3 is 4.90 Å². The summed E-state index contributed by atoms with van der Waals surface area (Å²) in [5.41, 5.74) is 0.821. The number of hydrogen-bond donors (Lipinski definition) is 0. The standard InChI is InChI=1S/C18H28N2/c1-5-20(6-2)13-12-18(15-19,14-16(3)4)17-10-8-7-9-11-17/h7-11,16H,5-6,12-14H2,1-4H3. The van der Waals surface area contributed by atoms with Gasteiger partial charge in [0.25, 0.3) is 0 Å². The second kappa shape index (κ2) is 8.07. The molecule has 20 heavy (non-hydrogen) atoms. The van der Waals surface area contributed by atoms with Gasteiger partial charge in [0.05, 0.1) is 11.5 Å². The van der Waals surface area contributed by atoms with Crippen LogP contribution in [0.2, 0.25) is 0 Å². The largest absolute Gasteiger partial charge is 0.304 e. The minimum atomic E-state index is -0.349. The molecule has 0 N–H and O–H groups in total. The van der Waals surface area contributed by atoms with Gasteiger partial charge in [0.2, 0.25) is 0 Å². The summed E-state index contributed by atoms with van der Waals surface area (Å²) < 4.78 is 0. The highest BCUT2D eigenvalue weighted by Crippen LogP contribution is 2.34. The maximum atomic E-state index is 9.87. The number of nitriles is 1. The highest BCUT2D eigenvalue weighted by molar-refractivity contribution is 5.32. The third kappa shape index (κ3) is 4.35. The zero-order valence-corrected chi connectivity index (χ0v) is 13.4. The van der Waals surface area contributed by atoms with Gasteiger partial charge in [-0.25, -0.2) is 0 Å².